The predicted molar refractivity (Wildman–Crippen MR) is 74.3 cm³/mol. The molecule has 19 heavy (non-hydrogen) atoms. The zero-order valence-electron chi connectivity index (χ0n) is 11.4. The number of rotatable bonds is 7. The van der Waals surface area contributed by atoms with Crippen LogP contribution < -0.4 is 5.32 Å². The van der Waals surface area contributed by atoms with Gasteiger partial charge in [0.2, 0.25) is 0 Å². The van der Waals surface area contributed by atoms with Crippen LogP contribution in [0.3, 0.4) is 0 Å². The maximum Gasteiger partial charge on any atom is 0.327 e. The molecule has 2 N–H and O–H groups in total. The second-order valence-electron chi connectivity index (χ2n) is 4.88. The molecule has 7 heteroatoms. The molecule has 0 bridgehead atoms. The Morgan fingerprint density at radius 2 is 2.26 bits per heavy atom. The van der Waals surface area contributed by atoms with Gasteiger partial charge in [-0.05, 0) is 12.3 Å². The molecule has 0 aromatic rings. The number of carbonyl (C=O) groups excluding carboxylic acids is 1. The number of carboxylic acid groups (broad SMARTS) is 1. The molecule has 0 spiro atoms. The molecule has 2 amide bonds. The molecule has 1 saturated heterocycles. The van der Waals surface area contributed by atoms with Crippen LogP contribution in [0.2, 0.25) is 0 Å². The fourth-order valence-corrected chi connectivity index (χ4v) is 2.78. The van der Waals surface area contributed by atoms with Crippen LogP contribution in [0.25, 0.3) is 0 Å². The van der Waals surface area contributed by atoms with Crippen molar-refractivity contribution in [3.8, 4) is 0 Å². The minimum absolute atomic E-state index is 0.304. The lowest BCUT2D eigenvalue weighted by Gasteiger charge is -2.20. The summed E-state index contributed by atoms with van der Waals surface area (Å²) in [4.78, 5) is 24.1. The lowest BCUT2D eigenvalue weighted by Crippen LogP contribution is -2.47. The molecule has 1 aliphatic heterocycles. The molecule has 0 radical (unpaired) electrons. The second kappa shape index (κ2) is 8.27. The molecular formula is C12H22N2O4S. The van der Waals surface area contributed by atoms with Crippen molar-refractivity contribution in [2.24, 2.45) is 5.92 Å². The van der Waals surface area contributed by atoms with Gasteiger partial charge in [-0.2, -0.15) is 0 Å². The Morgan fingerprint density at radius 3 is 2.89 bits per heavy atom. The van der Waals surface area contributed by atoms with Gasteiger partial charge in [0.25, 0.3) is 0 Å². The molecule has 0 aliphatic carbocycles. The first kappa shape index (κ1) is 16.1. The van der Waals surface area contributed by atoms with E-state index in [0.29, 0.717) is 30.7 Å². The Kier molecular flexibility index (Phi) is 7.01. The van der Waals surface area contributed by atoms with Crippen LogP contribution in [0.1, 0.15) is 20.3 Å². The van der Waals surface area contributed by atoms with E-state index in [4.69, 9.17) is 9.84 Å². The number of amides is 2. The van der Waals surface area contributed by atoms with Crippen LogP contribution in [0.15, 0.2) is 0 Å². The molecule has 1 rings (SSSR count). The van der Waals surface area contributed by atoms with Crippen molar-refractivity contribution in [1.29, 1.82) is 0 Å². The Labute approximate surface area is 117 Å². The van der Waals surface area contributed by atoms with E-state index in [1.165, 1.54) is 16.7 Å². The molecule has 1 aliphatic rings. The monoisotopic (exact) mass is 290 g/mol. The van der Waals surface area contributed by atoms with Crippen LogP contribution in [-0.2, 0) is 9.53 Å². The number of carbonyl (C=O) groups is 2. The first-order valence-corrected chi connectivity index (χ1v) is 7.60. The van der Waals surface area contributed by atoms with Gasteiger partial charge in [-0.3, -0.25) is 0 Å². The third kappa shape index (κ3) is 5.69. The highest BCUT2D eigenvalue weighted by Gasteiger charge is 2.34. The van der Waals surface area contributed by atoms with Crippen molar-refractivity contribution in [2.45, 2.75) is 26.3 Å². The Balaban J connectivity index is 2.15. The van der Waals surface area contributed by atoms with Crippen LogP contribution >= 0.6 is 11.8 Å². The zero-order chi connectivity index (χ0) is 14.3. The molecule has 1 fully saturated rings. The van der Waals surface area contributed by atoms with Crippen molar-refractivity contribution >= 4 is 23.8 Å². The highest BCUT2D eigenvalue weighted by Crippen LogP contribution is 2.20. The summed E-state index contributed by atoms with van der Waals surface area (Å²) in [5, 5.41) is 11.7. The van der Waals surface area contributed by atoms with E-state index >= 15 is 0 Å². The lowest BCUT2D eigenvalue weighted by molar-refractivity contribution is -0.140. The molecule has 110 valence electrons. The first-order valence-electron chi connectivity index (χ1n) is 6.45. The van der Waals surface area contributed by atoms with E-state index in [0.717, 1.165) is 13.0 Å². The molecule has 6 nitrogen and oxygen atoms in total. The third-order valence-corrected chi connectivity index (χ3v) is 3.63. The number of carboxylic acids is 1. The number of nitrogens with one attached hydrogen (secondary N) is 1. The van der Waals surface area contributed by atoms with Crippen molar-refractivity contribution in [3.05, 3.63) is 0 Å². The van der Waals surface area contributed by atoms with Crippen LogP contribution in [0.4, 0.5) is 4.79 Å². The van der Waals surface area contributed by atoms with E-state index in [1.54, 1.807) is 0 Å². The number of hydrogen-bond donors (Lipinski definition) is 2. The number of aliphatic carboxylic acids is 1. The average Bonchev–Trinajstić information content (AvgIpc) is 2.82. The molecule has 0 aromatic carbocycles. The summed E-state index contributed by atoms with van der Waals surface area (Å²) in [5.74, 6) is 0.459. The van der Waals surface area contributed by atoms with E-state index in [1.807, 2.05) is 0 Å². The maximum atomic E-state index is 11.8. The third-order valence-electron chi connectivity index (χ3n) is 2.62. The quantitative estimate of drug-likeness (QED) is 0.689. The van der Waals surface area contributed by atoms with Crippen molar-refractivity contribution in [3.63, 3.8) is 0 Å². The Bertz CT molecular complexity index is 312. The van der Waals surface area contributed by atoms with Crippen molar-refractivity contribution in [1.82, 2.24) is 10.2 Å². The Morgan fingerprint density at radius 1 is 1.53 bits per heavy atom. The summed E-state index contributed by atoms with van der Waals surface area (Å²) < 4.78 is 5.40. The van der Waals surface area contributed by atoms with Gasteiger partial charge >= 0.3 is 12.0 Å². The highest BCUT2D eigenvalue weighted by atomic mass is 32.2. The van der Waals surface area contributed by atoms with Gasteiger partial charge in [0.1, 0.15) is 6.04 Å². The number of ether oxygens (including phenoxy) is 1. The fraction of sp³-hybridized carbons (Fsp3) is 0.833. The van der Waals surface area contributed by atoms with E-state index < -0.39 is 12.0 Å². The molecular weight excluding hydrogens is 268 g/mol. The molecule has 0 aromatic heterocycles. The van der Waals surface area contributed by atoms with Gasteiger partial charge in [0.15, 0.2) is 0 Å². The highest BCUT2D eigenvalue weighted by molar-refractivity contribution is 7.99. The van der Waals surface area contributed by atoms with Gasteiger partial charge in [-0.25, -0.2) is 9.59 Å². The van der Waals surface area contributed by atoms with Crippen LogP contribution in [0.5, 0.6) is 0 Å². The minimum Gasteiger partial charge on any atom is -0.480 e. The molecule has 1 atom stereocenters. The smallest absolute Gasteiger partial charge is 0.327 e. The van der Waals surface area contributed by atoms with E-state index in [9.17, 15) is 9.59 Å². The van der Waals surface area contributed by atoms with Gasteiger partial charge in [0, 0.05) is 25.5 Å². The van der Waals surface area contributed by atoms with Crippen LogP contribution in [0, 0.1) is 5.92 Å². The first-order chi connectivity index (χ1) is 9.02. The number of urea groups is 1. The topological polar surface area (TPSA) is 78.9 Å². The summed E-state index contributed by atoms with van der Waals surface area (Å²) >= 11 is 1.46. The number of hydrogen-bond acceptors (Lipinski definition) is 4. The molecule has 0 saturated carbocycles. The maximum absolute atomic E-state index is 11.8. The molecule has 1 heterocycles. The van der Waals surface area contributed by atoms with Crippen molar-refractivity contribution < 1.29 is 19.4 Å². The summed E-state index contributed by atoms with van der Waals surface area (Å²) in [6.45, 7) is 6.00. The normalized spacial score (nSPS) is 18.9. The largest absolute Gasteiger partial charge is 0.480 e. The molecule has 1 unspecified atom stereocenters. The summed E-state index contributed by atoms with van der Waals surface area (Å²) in [7, 11) is 0. The van der Waals surface area contributed by atoms with E-state index in [2.05, 4.69) is 19.2 Å². The Hall–Kier alpha value is -0.950. The van der Waals surface area contributed by atoms with Gasteiger partial charge in [0.05, 0.1) is 5.88 Å². The number of thioether (sulfide) groups is 1. The van der Waals surface area contributed by atoms with Gasteiger partial charge < -0.3 is 20.1 Å². The number of nitrogens with zero attached hydrogens (tertiary/aromatic N) is 1. The summed E-state index contributed by atoms with van der Waals surface area (Å²) in [6.07, 6.45) is 0.733. The van der Waals surface area contributed by atoms with Gasteiger partial charge in [-0.15, -0.1) is 11.8 Å². The van der Waals surface area contributed by atoms with Crippen LogP contribution in [-0.4, -0.2) is 59.4 Å². The zero-order valence-corrected chi connectivity index (χ0v) is 12.2. The van der Waals surface area contributed by atoms with Crippen molar-refractivity contribution in [2.75, 3.05) is 31.4 Å². The van der Waals surface area contributed by atoms with Gasteiger partial charge in [-0.1, -0.05) is 13.8 Å². The standard InChI is InChI=1S/C12H22N2O4S/c1-9(2)6-18-5-3-4-13-12(17)14-8-19-7-10(14)11(15)16/h9-10H,3-8H2,1-2H3,(H,13,17)(H,15,16). The SMILES string of the molecule is CC(C)COCCCNC(=O)N1CSCC1C(=O)O. The average molecular weight is 290 g/mol. The summed E-state index contributed by atoms with van der Waals surface area (Å²) in [5.41, 5.74) is 0. The predicted octanol–water partition coefficient (Wildman–Crippen LogP) is 1.22. The lowest BCUT2D eigenvalue weighted by atomic mass is 10.2. The minimum atomic E-state index is -0.944. The second-order valence-corrected chi connectivity index (χ2v) is 5.88. The summed E-state index contributed by atoms with van der Waals surface area (Å²) in [6, 6.07) is -1.01. The van der Waals surface area contributed by atoms with E-state index in [-0.39, 0.29) is 6.03 Å². The fourth-order valence-electron chi connectivity index (χ4n) is 1.64.